The molecule has 0 aliphatic carbocycles. The summed E-state index contributed by atoms with van der Waals surface area (Å²) in [5.41, 5.74) is 1.29. The van der Waals surface area contributed by atoms with E-state index in [9.17, 15) is 19.5 Å². The van der Waals surface area contributed by atoms with Crippen molar-refractivity contribution in [2.45, 2.75) is 32.9 Å². The normalized spacial score (nSPS) is 17.2. The molecule has 0 unspecified atom stereocenters. The van der Waals surface area contributed by atoms with Crippen LogP contribution in [0.2, 0.25) is 0 Å². The second-order valence-electron chi connectivity index (χ2n) is 8.17. The van der Waals surface area contributed by atoms with Crippen molar-refractivity contribution in [3.63, 3.8) is 0 Å². The number of nitrogens with zero attached hydrogens (tertiary/aromatic N) is 2. The number of esters is 1. The first-order chi connectivity index (χ1) is 16.7. The number of hydrogen-bond acceptors (Lipinski definition) is 8. The maximum Gasteiger partial charge on any atom is 0.350 e. The van der Waals surface area contributed by atoms with Gasteiger partial charge in [0.15, 0.2) is 5.13 Å². The fourth-order valence-electron chi connectivity index (χ4n) is 3.87. The van der Waals surface area contributed by atoms with Gasteiger partial charge in [0, 0.05) is 5.56 Å². The molecule has 1 atom stereocenters. The number of ether oxygens (including phenoxy) is 2. The highest BCUT2D eigenvalue weighted by Crippen LogP contribution is 2.43. The van der Waals surface area contributed by atoms with Crippen LogP contribution in [0.15, 0.2) is 60.2 Å². The zero-order valence-electron chi connectivity index (χ0n) is 19.6. The number of thiazole rings is 1. The molecule has 1 amide bonds. The lowest BCUT2D eigenvalue weighted by Crippen LogP contribution is -2.29. The first kappa shape index (κ1) is 24.2. The minimum Gasteiger partial charge on any atom is -0.507 e. The summed E-state index contributed by atoms with van der Waals surface area (Å²) in [5.74, 6) is -1.96. The van der Waals surface area contributed by atoms with E-state index >= 15 is 0 Å². The molecule has 0 saturated carbocycles. The average molecular weight is 493 g/mol. The van der Waals surface area contributed by atoms with Crippen molar-refractivity contribution in [3.05, 3.63) is 81.9 Å². The van der Waals surface area contributed by atoms with Gasteiger partial charge in [-0.15, -0.1) is 0 Å². The number of aliphatic hydroxyl groups is 1. The van der Waals surface area contributed by atoms with E-state index in [4.69, 9.17) is 9.47 Å². The number of carbonyl (C=O) groups is 3. The molecular formula is C26H24N2O6S. The number of benzene rings is 2. The summed E-state index contributed by atoms with van der Waals surface area (Å²) in [4.78, 5) is 44.4. The fourth-order valence-corrected chi connectivity index (χ4v) is 4.88. The van der Waals surface area contributed by atoms with E-state index in [2.05, 4.69) is 4.98 Å². The molecule has 0 radical (unpaired) electrons. The molecule has 1 aliphatic heterocycles. The van der Waals surface area contributed by atoms with Crippen LogP contribution in [-0.4, -0.2) is 41.0 Å². The molecule has 35 heavy (non-hydrogen) atoms. The number of rotatable bonds is 6. The summed E-state index contributed by atoms with van der Waals surface area (Å²) in [7, 11) is 1.26. The standard InChI is InChI=1S/C26H24N2O6S/c1-14(2)34-18-12-10-17(11-13-18)21(29)19-20(16-8-6-5-7-9-16)28(24(31)22(19)30)26-27-15(3)23(35-26)25(32)33-4/h5-14,20,29H,1-4H3/b21-19+/t20-/m1/s1. The molecule has 0 spiro atoms. The lowest BCUT2D eigenvalue weighted by atomic mass is 9.95. The van der Waals surface area contributed by atoms with Gasteiger partial charge < -0.3 is 14.6 Å². The van der Waals surface area contributed by atoms with Crippen LogP contribution in [-0.2, 0) is 14.3 Å². The number of aryl methyl sites for hydroxylation is 1. The van der Waals surface area contributed by atoms with Crippen molar-refractivity contribution in [2.75, 3.05) is 12.0 Å². The topological polar surface area (TPSA) is 106 Å². The Labute approximate surface area is 206 Å². The number of hydrogen-bond donors (Lipinski definition) is 1. The maximum absolute atomic E-state index is 13.2. The Hall–Kier alpha value is -3.98. The summed E-state index contributed by atoms with van der Waals surface area (Å²) in [6.07, 6.45) is -0.0190. The zero-order chi connectivity index (χ0) is 25.3. The van der Waals surface area contributed by atoms with E-state index in [0.717, 1.165) is 11.3 Å². The number of anilines is 1. The number of Topliss-reactive ketones (excluding diaryl/α,β-unsaturated/α-hetero) is 1. The van der Waals surface area contributed by atoms with Crippen molar-refractivity contribution >= 4 is 39.9 Å². The van der Waals surface area contributed by atoms with Crippen molar-refractivity contribution in [3.8, 4) is 5.75 Å². The van der Waals surface area contributed by atoms with Crippen LogP contribution in [0.3, 0.4) is 0 Å². The van der Waals surface area contributed by atoms with Crippen LogP contribution < -0.4 is 9.64 Å². The van der Waals surface area contributed by atoms with E-state index in [-0.39, 0.29) is 27.4 Å². The lowest BCUT2D eigenvalue weighted by Gasteiger charge is -2.23. The predicted molar refractivity (Wildman–Crippen MR) is 132 cm³/mol. The third kappa shape index (κ3) is 4.54. The monoisotopic (exact) mass is 492 g/mol. The molecule has 180 valence electrons. The number of aliphatic hydroxyl groups excluding tert-OH is 1. The Kier molecular flexibility index (Phi) is 6.70. The first-order valence-corrected chi connectivity index (χ1v) is 11.7. The Morgan fingerprint density at radius 3 is 2.34 bits per heavy atom. The third-order valence-electron chi connectivity index (χ3n) is 5.42. The molecule has 2 aromatic carbocycles. The SMILES string of the molecule is COC(=O)c1sc(N2C(=O)C(=O)/C(=C(/O)c3ccc(OC(C)C)cc3)[C@H]2c2ccccc2)nc1C. The van der Waals surface area contributed by atoms with Gasteiger partial charge in [0.25, 0.3) is 5.78 Å². The molecule has 1 aromatic heterocycles. The van der Waals surface area contributed by atoms with Gasteiger partial charge in [-0.25, -0.2) is 9.78 Å². The van der Waals surface area contributed by atoms with Gasteiger partial charge in [0.2, 0.25) is 0 Å². The Morgan fingerprint density at radius 1 is 1.09 bits per heavy atom. The van der Waals surface area contributed by atoms with Gasteiger partial charge >= 0.3 is 11.9 Å². The van der Waals surface area contributed by atoms with E-state index in [1.165, 1.54) is 12.0 Å². The quantitative estimate of drug-likeness (QED) is 0.231. The summed E-state index contributed by atoms with van der Waals surface area (Å²) in [6.45, 7) is 5.43. The van der Waals surface area contributed by atoms with Gasteiger partial charge in [0.1, 0.15) is 16.4 Å². The van der Waals surface area contributed by atoms with E-state index in [1.807, 2.05) is 19.9 Å². The second-order valence-corrected chi connectivity index (χ2v) is 9.15. The van der Waals surface area contributed by atoms with Gasteiger partial charge in [-0.05, 0) is 50.6 Å². The molecular weight excluding hydrogens is 468 g/mol. The van der Waals surface area contributed by atoms with Crippen LogP contribution in [0.1, 0.15) is 46.4 Å². The third-order valence-corrected chi connectivity index (χ3v) is 6.56. The Bertz CT molecular complexity index is 1310. The number of aromatic nitrogens is 1. The summed E-state index contributed by atoms with van der Waals surface area (Å²) < 4.78 is 10.5. The minimum absolute atomic E-state index is 0.0190. The summed E-state index contributed by atoms with van der Waals surface area (Å²) >= 11 is 0.957. The largest absolute Gasteiger partial charge is 0.507 e. The van der Waals surface area contributed by atoms with Gasteiger partial charge in [0.05, 0.1) is 30.5 Å². The number of carbonyl (C=O) groups excluding carboxylic acids is 3. The van der Waals surface area contributed by atoms with Crippen molar-refractivity contribution in [2.24, 2.45) is 0 Å². The smallest absolute Gasteiger partial charge is 0.350 e. The molecule has 0 bridgehead atoms. The van der Waals surface area contributed by atoms with Crippen LogP contribution in [0.4, 0.5) is 5.13 Å². The highest BCUT2D eigenvalue weighted by atomic mass is 32.1. The van der Waals surface area contributed by atoms with Crippen LogP contribution in [0.5, 0.6) is 5.75 Å². The van der Waals surface area contributed by atoms with Crippen LogP contribution in [0, 0.1) is 6.92 Å². The van der Waals surface area contributed by atoms with Crippen molar-refractivity contribution in [1.82, 2.24) is 4.98 Å². The molecule has 9 heteroatoms. The molecule has 1 saturated heterocycles. The van der Waals surface area contributed by atoms with E-state index < -0.39 is 23.7 Å². The average Bonchev–Trinajstić information content (AvgIpc) is 3.35. The van der Waals surface area contributed by atoms with E-state index in [0.29, 0.717) is 22.6 Å². The van der Waals surface area contributed by atoms with Crippen LogP contribution >= 0.6 is 11.3 Å². The van der Waals surface area contributed by atoms with Crippen molar-refractivity contribution < 1.29 is 29.0 Å². The Balaban J connectivity index is 1.85. The van der Waals surface area contributed by atoms with Crippen LogP contribution in [0.25, 0.3) is 5.76 Å². The highest BCUT2D eigenvalue weighted by Gasteiger charge is 2.48. The maximum atomic E-state index is 13.2. The van der Waals surface area contributed by atoms with Gasteiger partial charge in [-0.2, -0.15) is 0 Å². The molecule has 1 fully saturated rings. The van der Waals surface area contributed by atoms with Gasteiger partial charge in [-0.1, -0.05) is 41.7 Å². The van der Waals surface area contributed by atoms with Gasteiger partial charge in [-0.3, -0.25) is 14.5 Å². The predicted octanol–water partition coefficient (Wildman–Crippen LogP) is 4.65. The lowest BCUT2D eigenvalue weighted by molar-refractivity contribution is -0.132. The minimum atomic E-state index is -0.932. The Morgan fingerprint density at radius 2 is 1.74 bits per heavy atom. The summed E-state index contributed by atoms with van der Waals surface area (Å²) in [6, 6.07) is 14.6. The molecule has 1 aliphatic rings. The molecule has 3 aromatic rings. The summed E-state index contributed by atoms with van der Waals surface area (Å²) in [5, 5.41) is 11.4. The van der Waals surface area contributed by atoms with E-state index in [1.54, 1.807) is 55.5 Å². The molecule has 8 nitrogen and oxygen atoms in total. The number of amides is 1. The number of ketones is 1. The molecule has 4 rings (SSSR count). The molecule has 2 heterocycles. The molecule has 1 N–H and O–H groups in total. The first-order valence-electron chi connectivity index (χ1n) is 10.9. The number of methoxy groups -OCH3 is 1. The zero-order valence-corrected chi connectivity index (χ0v) is 20.5. The second kappa shape index (κ2) is 9.71. The van der Waals surface area contributed by atoms with Crippen molar-refractivity contribution in [1.29, 1.82) is 0 Å². The fraction of sp³-hybridized carbons (Fsp3) is 0.231. The highest BCUT2D eigenvalue weighted by molar-refractivity contribution is 7.17.